The van der Waals surface area contributed by atoms with Gasteiger partial charge in [0.1, 0.15) is 11.6 Å². The van der Waals surface area contributed by atoms with Gasteiger partial charge in [-0.1, -0.05) is 31.2 Å². The van der Waals surface area contributed by atoms with Crippen molar-refractivity contribution in [2.24, 2.45) is 0 Å². The zero-order valence-corrected chi connectivity index (χ0v) is 18.9. The third-order valence-electron chi connectivity index (χ3n) is 5.06. The van der Waals surface area contributed by atoms with Crippen LogP contribution in [0.1, 0.15) is 42.0 Å². The number of aromatic amines is 1. The van der Waals surface area contributed by atoms with Gasteiger partial charge in [0, 0.05) is 35.3 Å². The number of hydrogen-bond acceptors (Lipinski definition) is 5. The van der Waals surface area contributed by atoms with Gasteiger partial charge in [-0.2, -0.15) is 0 Å². The molecule has 0 spiro atoms. The molecule has 0 aliphatic carbocycles. The first-order valence-electron chi connectivity index (χ1n) is 10.4. The number of nitrogens with zero attached hydrogens (tertiary/aromatic N) is 1. The molecular formula is C23H27N4O4S-. The van der Waals surface area contributed by atoms with E-state index in [9.17, 15) is 13.6 Å². The maximum Gasteiger partial charge on any atom is 0.220 e. The summed E-state index contributed by atoms with van der Waals surface area (Å²) >= 11 is -2.37. The number of anilines is 1. The molecule has 2 atom stereocenters. The van der Waals surface area contributed by atoms with E-state index in [2.05, 4.69) is 20.0 Å². The Balaban J connectivity index is 1.68. The molecule has 0 saturated carbocycles. The lowest BCUT2D eigenvalue weighted by Gasteiger charge is -2.18. The van der Waals surface area contributed by atoms with Crippen LogP contribution in [-0.4, -0.2) is 31.7 Å². The average Bonchev–Trinajstić information content (AvgIpc) is 3.28. The summed E-state index contributed by atoms with van der Waals surface area (Å²) in [5, 5.41) is 3.09. The van der Waals surface area contributed by atoms with E-state index < -0.39 is 11.3 Å². The van der Waals surface area contributed by atoms with Crippen molar-refractivity contribution in [3.05, 3.63) is 77.4 Å². The van der Waals surface area contributed by atoms with E-state index in [0.29, 0.717) is 30.8 Å². The highest BCUT2D eigenvalue weighted by Gasteiger charge is 2.18. The molecule has 3 aromatic rings. The topological polar surface area (TPSA) is 119 Å². The molecule has 3 N–H and O–H groups in total. The lowest BCUT2D eigenvalue weighted by Crippen LogP contribution is -2.31. The first-order chi connectivity index (χ1) is 15.5. The van der Waals surface area contributed by atoms with Crippen LogP contribution in [0.4, 0.5) is 5.69 Å². The number of aromatic nitrogens is 2. The van der Waals surface area contributed by atoms with Crippen molar-refractivity contribution in [2.45, 2.75) is 38.6 Å². The first kappa shape index (κ1) is 23.5. The highest BCUT2D eigenvalue weighted by atomic mass is 32.2. The van der Waals surface area contributed by atoms with Crippen molar-refractivity contribution < 1.29 is 18.3 Å². The average molecular weight is 456 g/mol. The molecule has 0 bridgehead atoms. The summed E-state index contributed by atoms with van der Waals surface area (Å²) in [4.78, 5) is 20.5. The van der Waals surface area contributed by atoms with E-state index >= 15 is 0 Å². The minimum absolute atomic E-state index is 0.0766. The molecule has 0 aliphatic rings. The molecule has 32 heavy (non-hydrogen) atoms. The fraction of sp³-hybridized carbons (Fsp3) is 0.304. The second kappa shape index (κ2) is 11.4. The number of benzene rings is 2. The highest BCUT2D eigenvalue weighted by molar-refractivity contribution is 7.80. The Bertz CT molecular complexity index is 1050. The number of ether oxygens (including phenoxy) is 1. The van der Waals surface area contributed by atoms with Crippen molar-refractivity contribution in [3.63, 3.8) is 0 Å². The Morgan fingerprint density at radius 1 is 1.22 bits per heavy atom. The minimum Gasteiger partial charge on any atom is -0.755 e. The van der Waals surface area contributed by atoms with E-state index in [1.165, 1.54) is 0 Å². The van der Waals surface area contributed by atoms with Crippen LogP contribution in [0.5, 0.6) is 5.75 Å². The SMILES string of the molecule is CCc1cnc([C@H](Cc2ccc(NS(=O)[O-])cc2)NC(=O)CCc2cccc(OC)c2)[nH]1. The third-order valence-corrected chi connectivity index (χ3v) is 5.47. The Morgan fingerprint density at radius 2 is 2.00 bits per heavy atom. The number of hydrogen-bond donors (Lipinski definition) is 3. The van der Waals surface area contributed by atoms with Crippen LogP contribution in [0, 0.1) is 0 Å². The summed E-state index contributed by atoms with van der Waals surface area (Å²) in [5.74, 6) is 1.38. The van der Waals surface area contributed by atoms with Crippen molar-refractivity contribution in [1.29, 1.82) is 0 Å². The summed E-state index contributed by atoms with van der Waals surface area (Å²) in [6.45, 7) is 2.03. The second-order valence-electron chi connectivity index (χ2n) is 7.36. The minimum atomic E-state index is -2.37. The van der Waals surface area contributed by atoms with Crippen LogP contribution in [0.15, 0.2) is 54.7 Å². The fourth-order valence-corrected chi connectivity index (χ4v) is 3.67. The Labute approximate surface area is 190 Å². The largest absolute Gasteiger partial charge is 0.755 e. The van der Waals surface area contributed by atoms with Crippen LogP contribution in [0.3, 0.4) is 0 Å². The first-order valence-corrected chi connectivity index (χ1v) is 11.4. The maximum atomic E-state index is 12.7. The number of aryl methyl sites for hydroxylation is 2. The number of amides is 1. The standard InChI is InChI=1S/C23H28N4O4S/c1-3-18-15-24-23(25-18)21(14-17-7-10-19(11-8-17)27-32(29)30)26-22(28)12-9-16-5-4-6-20(13-16)31-2/h4-8,10-11,13,15,21,27H,3,9,12,14H2,1-2H3,(H,24,25)(H,26,28)(H,29,30)/p-1/t21-/m0/s1. The van der Waals surface area contributed by atoms with Crippen molar-refractivity contribution >= 4 is 22.9 Å². The van der Waals surface area contributed by atoms with Gasteiger partial charge in [0.05, 0.1) is 13.2 Å². The van der Waals surface area contributed by atoms with Crippen molar-refractivity contribution in [1.82, 2.24) is 15.3 Å². The van der Waals surface area contributed by atoms with E-state index in [1.807, 2.05) is 43.3 Å². The second-order valence-corrected chi connectivity index (χ2v) is 8.03. The molecule has 8 nitrogen and oxygen atoms in total. The summed E-state index contributed by atoms with van der Waals surface area (Å²) in [5.41, 5.74) is 3.45. The quantitative estimate of drug-likeness (QED) is 0.384. The zero-order chi connectivity index (χ0) is 22.9. The van der Waals surface area contributed by atoms with E-state index in [-0.39, 0.29) is 11.9 Å². The molecule has 1 aromatic heterocycles. The van der Waals surface area contributed by atoms with E-state index in [1.54, 1.807) is 25.4 Å². The molecule has 0 fully saturated rings. The molecule has 3 rings (SSSR count). The van der Waals surface area contributed by atoms with Gasteiger partial charge in [-0.05, 0) is 54.7 Å². The summed E-state index contributed by atoms with van der Waals surface area (Å²) in [7, 11) is 1.62. The number of nitrogens with one attached hydrogen (secondary N) is 3. The molecule has 1 amide bonds. The molecular weight excluding hydrogens is 428 g/mol. The molecule has 0 radical (unpaired) electrons. The number of imidazole rings is 1. The lowest BCUT2D eigenvalue weighted by atomic mass is 10.0. The van der Waals surface area contributed by atoms with Crippen LogP contribution in [-0.2, 0) is 35.3 Å². The van der Waals surface area contributed by atoms with Gasteiger partial charge in [-0.15, -0.1) is 0 Å². The Morgan fingerprint density at radius 3 is 2.66 bits per heavy atom. The Hall–Kier alpha value is -3.17. The van der Waals surface area contributed by atoms with Crippen molar-refractivity contribution in [2.75, 3.05) is 11.8 Å². The number of H-pyrrole nitrogens is 1. The van der Waals surface area contributed by atoms with Gasteiger partial charge in [0.25, 0.3) is 0 Å². The monoisotopic (exact) mass is 455 g/mol. The molecule has 0 aliphatic heterocycles. The summed E-state index contributed by atoms with van der Waals surface area (Å²) in [6, 6.07) is 14.4. The predicted molar refractivity (Wildman–Crippen MR) is 123 cm³/mol. The van der Waals surface area contributed by atoms with E-state index in [0.717, 1.165) is 29.0 Å². The predicted octanol–water partition coefficient (Wildman–Crippen LogP) is 3.22. The normalized spacial score (nSPS) is 12.7. The number of methoxy groups -OCH3 is 1. The maximum absolute atomic E-state index is 12.7. The van der Waals surface area contributed by atoms with Gasteiger partial charge >= 0.3 is 0 Å². The van der Waals surface area contributed by atoms with Gasteiger partial charge in [0.2, 0.25) is 5.91 Å². The highest BCUT2D eigenvalue weighted by Crippen LogP contribution is 2.19. The van der Waals surface area contributed by atoms with E-state index in [4.69, 9.17) is 4.74 Å². The number of rotatable bonds is 11. The zero-order valence-electron chi connectivity index (χ0n) is 18.1. The molecule has 2 aromatic carbocycles. The van der Waals surface area contributed by atoms with Gasteiger partial charge in [0.15, 0.2) is 0 Å². The smallest absolute Gasteiger partial charge is 0.220 e. The summed E-state index contributed by atoms with van der Waals surface area (Å²) in [6.07, 6.45) is 4.05. The molecule has 1 unspecified atom stereocenters. The number of carbonyl (C=O) groups excluding carboxylic acids is 1. The summed E-state index contributed by atoms with van der Waals surface area (Å²) < 4.78 is 29.1. The van der Waals surface area contributed by atoms with Gasteiger partial charge < -0.3 is 24.3 Å². The van der Waals surface area contributed by atoms with Crippen LogP contribution in [0.25, 0.3) is 0 Å². The van der Waals surface area contributed by atoms with Gasteiger partial charge in [-0.25, -0.2) is 4.98 Å². The molecule has 9 heteroatoms. The van der Waals surface area contributed by atoms with Crippen LogP contribution in [0.2, 0.25) is 0 Å². The molecule has 170 valence electrons. The number of carbonyl (C=O) groups is 1. The van der Waals surface area contributed by atoms with Crippen LogP contribution >= 0.6 is 0 Å². The molecule has 1 heterocycles. The van der Waals surface area contributed by atoms with Gasteiger partial charge in [-0.3, -0.25) is 9.00 Å². The lowest BCUT2D eigenvalue weighted by molar-refractivity contribution is -0.121. The fourth-order valence-electron chi connectivity index (χ4n) is 3.34. The Kier molecular flexibility index (Phi) is 8.41. The molecule has 0 saturated heterocycles. The third kappa shape index (κ3) is 6.93. The van der Waals surface area contributed by atoms with Crippen LogP contribution < -0.4 is 14.8 Å². The van der Waals surface area contributed by atoms with Crippen molar-refractivity contribution in [3.8, 4) is 5.75 Å².